The van der Waals surface area contributed by atoms with E-state index in [1.807, 2.05) is 31.2 Å². The van der Waals surface area contributed by atoms with E-state index in [-0.39, 0.29) is 11.8 Å². The van der Waals surface area contributed by atoms with Gasteiger partial charge in [0.25, 0.3) is 11.8 Å². The number of hydrogen-bond acceptors (Lipinski definition) is 4. The monoisotopic (exact) mass is 336 g/mol. The Morgan fingerprint density at radius 2 is 1.60 bits per heavy atom. The Hall–Kier alpha value is -3.08. The average molecular weight is 336 g/mol. The Kier molecular flexibility index (Phi) is 4.57. The SMILES string of the molecule is CCN1C(=O)C(Nc2ccc(C)cc2)=C(c2ccc(OC)cc2)C1=O. The number of benzene rings is 2. The van der Waals surface area contributed by atoms with Gasteiger partial charge in [-0.05, 0) is 43.7 Å². The quantitative estimate of drug-likeness (QED) is 0.852. The fourth-order valence-electron chi connectivity index (χ4n) is 2.79. The summed E-state index contributed by atoms with van der Waals surface area (Å²) in [6, 6.07) is 14.8. The van der Waals surface area contributed by atoms with Crippen molar-refractivity contribution in [2.75, 3.05) is 19.0 Å². The molecule has 3 rings (SSSR count). The lowest BCUT2D eigenvalue weighted by Crippen LogP contribution is -2.32. The predicted molar refractivity (Wildman–Crippen MR) is 97.1 cm³/mol. The molecule has 25 heavy (non-hydrogen) atoms. The summed E-state index contributed by atoms with van der Waals surface area (Å²) in [5.41, 5.74) is 3.27. The first-order chi connectivity index (χ1) is 12.0. The van der Waals surface area contributed by atoms with Gasteiger partial charge >= 0.3 is 0 Å². The van der Waals surface area contributed by atoms with Gasteiger partial charge in [0.15, 0.2) is 0 Å². The van der Waals surface area contributed by atoms with E-state index in [2.05, 4.69) is 5.32 Å². The highest BCUT2D eigenvalue weighted by atomic mass is 16.5. The first-order valence-electron chi connectivity index (χ1n) is 8.13. The second-order valence-electron chi connectivity index (χ2n) is 5.82. The number of likely N-dealkylation sites (N-methyl/N-ethyl adjacent to an activating group) is 1. The molecule has 0 fully saturated rings. The van der Waals surface area contributed by atoms with Gasteiger partial charge in [0.05, 0.1) is 12.7 Å². The molecule has 1 aliphatic rings. The first-order valence-corrected chi connectivity index (χ1v) is 8.13. The fourth-order valence-corrected chi connectivity index (χ4v) is 2.79. The fraction of sp³-hybridized carbons (Fsp3) is 0.200. The number of hydrogen-bond donors (Lipinski definition) is 1. The van der Waals surface area contributed by atoms with Crippen molar-refractivity contribution in [3.05, 3.63) is 65.4 Å². The number of methoxy groups -OCH3 is 1. The van der Waals surface area contributed by atoms with Crippen LogP contribution in [-0.2, 0) is 9.59 Å². The highest BCUT2D eigenvalue weighted by Crippen LogP contribution is 2.31. The molecule has 0 bridgehead atoms. The summed E-state index contributed by atoms with van der Waals surface area (Å²) in [4.78, 5) is 26.7. The van der Waals surface area contributed by atoms with Gasteiger partial charge in [-0.1, -0.05) is 29.8 Å². The van der Waals surface area contributed by atoms with Crippen molar-refractivity contribution in [3.63, 3.8) is 0 Å². The van der Waals surface area contributed by atoms with Crippen molar-refractivity contribution in [2.24, 2.45) is 0 Å². The summed E-state index contributed by atoms with van der Waals surface area (Å²) in [6.45, 7) is 4.11. The standard InChI is InChI=1S/C20H20N2O3/c1-4-22-19(23)17(14-7-11-16(25-3)12-8-14)18(20(22)24)21-15-9-5-13(2)6-10-15/h5-12,21H,4H2,1-3H3. The number of imide groups is 1. The summed E-state index contributed by atoms with van der Waals surface area (Å²) < 4.78 is 5.16. The normalized spacial score (nSPS) is 14.3. The van der Waals surface area contributed by atoms with Crippen LogP contribution in [0.2, 0.25) is 0 Å². The lowest BCUT2D eigenvalue weighted by molar-refractivity contribution is -0.136. The molecule has 1 N–H and O–H groups in total. The van der Waals surface area contributed by atoms with Gasteiger partial charge in [-0.3, -0.25) is 14.5 Å². The second kappa shape index (κ2) is 6.81. The zero-order chi connectivity index (χ0) is 18.0. The van der Waals surface area contributed by atoms with Gasteiger partial charge in [-0.15, -0.1) is 0 Å². The Morgan fingerprint density at radius 3 is 2.16 bits per heavy atom. The third kappa shape index (κ3) is 3.13. The van der Waals surface area contributed by atoms with Crippen LogP contribution in [0.3, 0.4) is 0 Å². The molecular formula is C20H20N2O3. The maximum atomic E-state index is 12.7. The van der Waals surface area contributed by atoms with Crippen molar-refractivity contribution >= 4 is 23.1 Å². The number of carbonyl (C=O) groups excluding carboxylic acids is 2. The van der Waals surface area contributed by atoms with Crippen LogP contribution in [0.4, 0.5) is 5.69 Å². The van der Waals surface area contributed by atoms with Gasteiger partial charge in [0.1, 0.15) is 11.4 Å². The number of nitrogens with zero attached hydrogens (tertiary/aromatic N) is 1. The number of ether oxygens (including phenoxy) is 1. The Labute approximate surface area is 146 Å². The topological polar surface area (TPSA) is 58.6 Å². The molecule has 2 amide bonds. The zero-order valence-electron chi connectivity index (χ0n) is 14.5. The van der Waals surface area contributed by atoms with Crippen LogP contribution < -0.4 is 10.1 Å². The molecule has 1 heterocycles. The first kappa shape index (κ1) is 16.8. The summed E-state index contributed by atoms with van der Waals surface area (Å²) in [5.74, 6) is 0.104. The molecule has 1 aliphatic heterocycles. The van der Waals surface area contributed by atoms with E-state index in [9.17, 15) is 9.59 Å². The number of amides is 2. The molecule has 5 heteroatoms. The zero-order valence-corrected chi connectivity index (χ0v) is 14.5. The molecule has 0 aromatic heterocycles. The molecule has 0 spiro atoms. The molecule has 128 valence electrons. The molecule has 0 saturated carbocycles. The third-order valence-corrected chi connectivity index (χ3v) is 4.18. The van der Waals surface area contributed by atoms with E-state index < -0.39 is 0 Å². The Balaban J connectivity index is 2.05. The van der Waals surface area contributed by atoms with E-state index in [0.717, 1.165) is 11.3 Å². The molecule has 0 unspecified atom stereocenters. The predicted octanol–water partition coefficient (Wildman–Crippen LogP) is 3.22. The second-order valence-corrected chi connectivity index (χ2v) is 5.82. The minimum atomic E-state index is -0.307. The molecule has 2 aromatic rings. The minimum Gasteiger partial charge on any atom is -0.497 e. The van der Waals surface area contributed by atoms with Crippen LogP contribution in [0.15, 0.2) is 54.2 Å². The molecule has 0 atom stereocenters. The van der Waals surface area contributed by atoms with Crippen LogP contribution in [0.25, 0.3) is 5.57 Å². The minimum absolute atomic E-state index is 0.285. The van der Waals surface area contributed by atoms with E-state index in [1.165, 1.54) is 4.90 Å². The lowest BCUT2D eigenvalue weighted by atomic mass is 10.0. The third-order valence-electron chi connectivity index (χ3n) is 4.18. The maximum absolute atomic E-state index is 12.7. The highest BCUT2D eigenvalue weighted by molar-refractivity contribution is 6.36. The summed E-state index contributed by atoms with van der Waals surface area (Å²) in [7, 11) is 1.59. The van der Waals surface area contributed by atoms with Crippen molar-refractivity contribution in [1.29, 1.82) is 0 Å². The smallest absolute Gasteiger partial charge is 0.278 e. The lowest BCUT2D eigenvalue weighted by Gasteiger charge is -2.12. The highest BCUT2D eigenvalue weighted by Gasteiger charge is 2.38. The molecule has 2 aromatic carbocycles. The van der Waals surface area contributed by atoms with Gasteiger partial charge in [0.2, 0.25) is 0 Å². The molecule has 5 nitrogen and oxygen atoms in total. The number of carbonyl (C=O) groups is 2. The van der Waals surface area contributed by atoms with Crippen molar-refractivity contribution in [1.82, 2.24) is 4.90 Å². The number of nitrogens with one attached hydrogen (secondary N) is 1. The molecule has 0 radical (unpaired) electrons. The van der Waals surface area contributed by atoms with Gasteiger partial charge in [0, 0.05) is 12.2 Å². The van der Waals surface area contributed by atoms with E-state index >= 15 is 0 Å². The Bertz CT molecular complexity index is 836. The number of anilines is 1. The van der Waals surface area contributed by atoms with Crippen molar-refractivity contribution < 1.29 is 14.3 Å². The molecule has 0 saturated heterocycles. The van der Waals surface area contributed by atoms with Gasteiger partial charge < -0.3 is 10.1 Å². The van der Waals surface area contributed by atoms with Crippen LogP contribution in [0.1, 0.15) is 18.1 Å². The summed E-state index contributed by atoms with van der Waals surface area (Å²) in [6.07, 6.45) is 0. The van der Waals surface area contributed by atoms with Crippen LogP contribution in [0.5, 0.6) is 5.75 Å². The van der Waals surface area contributed by atoms with Crippen LogP contribution in [-0.4, -0.2) is 30.4 Å². The average Bonchev–Trinajstić information content (AvgIpc) is 2.86. The van der Waals surface area contributed by atoms with Gasteiger partial charge in [-0.25, -0.2) is 0 Å². The summed E-state index contributed by atoms with van der Waals surface area (Å²) >= 11 is 0. The Morgan fingerprint density at radius 1 is 0.960 bits per heavy atom. The number of aryl methyl sites for hydroxylation is 1. The number of rotatable bonds is 5. The largest absolute Gasteiger partial charge is 0.497 e. The van der Waals surface area contributed by atoms with E-state index in [4.69, 9.17) is 4.74 Å². The molecular weight excluding hydrogens is 316 g/mol. The maximum Gasteiger partial charge on any atom is 0.278 e. The van der Waals surface area contributed by atoms with Crippen molar-refractivity contribution in [2.45, 2.75) is 13.8 Å². The van der Waals surface area contributed by atoms with Crippen LogP contribution in [0, 0.1) is 6.92 Å². The van der Waals surface area contributed by atoms with Gasteiger partial charge in [-0.2, -0.15) is 0 Å². The van der Waals surface area contributed by atoms with E-state index in [0.29, 0.717) is 29.1 Å². The molecule has 0 aliphatic carbocycles. The van der Waals surface area contributed by atoms with Crippen LogP contribution >= 0.6 is 0 Å². The summed E-state index contributed by atoms with van der Waals surface area (Å²) in [5, 5.41) is 3.13. The van der Waals surface area contributed by atoms with E-state index in [1.54, 1.807) is 38.3 Å². The van der Waals surface area contributed by atoms with Crippen molar-refractivity contribution in [3.8, 4) is 5.75 Å².